The summed E-state index contributed by atoms with van der Waals surface area (Å²) in [6.45, 7) is 0. The lowest BCUT2D eigenvalue weighted by Gasteiger charge is -2.08. The van der Waals surface area contributed by atoms with E-state index in [1.54, 1.807) is 22.6 Å². The SMILES string of the molecule is N#CCc1ncc(O)c(C(F)F)c1I. The molecule has 0 aliphatic carbocycles. The van der Waals surface area contributed by atoms with E-state index in [0.717, 1.165) is 6.20 Å². The number of alkyl halides is 2. The van der Waals surface area contributed by atoms with E-state index in [-0.39, 0.29) is 15.7 Å². The largest absolute Gasteiger partial charge is 0.506 e. The average molecular weight is 310 g/mol. The van der Waals surface area contributed by atoms with Crippen LogP contribution in [0.4, 0.5) is 8.78 Å². The van der Waals surface area contributed by atoms with E-state index in [2.05, 4.69) is 4.98 Å². The van der Waals surface area contributed by atoms with Crippen molar-refractivity contribution in [2.24, 2.45) is 0 Å². The van der Waals surface area contributed by atoms with Crippen molar-refractivity contribution in [2.45, 2.75) is 12.8 Å². The molecule has 0 fully saturated rings. The Balaban J connectivity index is 3.28. The summed E-state index contributed by atoms with van der Waals surface area (Å²) in [7, 11) is 0. The predicted octanol–water partition coefficient (Wildman–Crippen LogP) is 2.40. The average Bonchev–Trinajstić information content (AvgIpc) is 2.10. The molecule has 0 radical (unpaired) electrons. The quantitative estimate of drug-likeness (QED) is 0.853. The molecular weight excluding hydrogens is 305 g/mol. The smallest absolute Gasteiger partial charge is 0.268 e. The van der Waals surface area contributed by atoms with Crippen LogP contribution in [0.2, 0.25) is 0 Å². The van der Waals surface area contributed by atoms with E-state index < -0.39 is 17.7 Å². The highest BCUT2D eigenvalue weighted by Crippen LogP contribution is 2.33. The number of aromatic hydroxyl groups is 1. The third-order valence-corrected chi connectivity index (χ3v) is 2.78. The molecule has 0 aliphatic heterocycles. The van der Waals surface area contributed by atoms with Gasteiger partial charge in [-0.1, -0.05) is 0 Å². The number of aromatic nitrogens is 1. The summed E-state index contributed by atoms with van der Waals surface area (Å²) >= 11 is 1.65. The van der Waals surface area contributed by atoms with Gasteiger partial charge in [0.2, 0.25) is 0 Å². The zero-order chi connectivity index (χ0) is 10.7. The van der Waals surface area contributed by atoms with E-state index in [9.17, 15) is 8.78 Å². The maximum Gasteiger partial charge on any atom is 0.268 e. The lowest BCUT2D eigenvalue weighted by molar-refractivity contribution is 0.146. The van der Waals surface area contributed by atoms with Gasteiger partial charge in [-0.05, 0) is 22.6 Å². The number of hydrogen-bond donors (Lipinski definition) is 1. The minimum atomic E-state index is -2.76. The Bertz CT molecular complexity index is 390. The van der Waals surface area contributed by atoms with Crippen LogP contribution in [0.3, 0.4) is 0 Å². The Morgan fingerprint density at radius 3 is 2.79 bits per heavy atom. The fourth-order valence-electron chi connectivity index (χ4n) is 0.939. The molecule has 0 saturated carbocycles. The first-order valence-corrected chi connectivity index (χ1v) is 4.67. The Morgan fingerprint density at radius 2 is 2.29 bits per heavy atom. The summed E-state index contributed by atoms with van der Waals surface area (Å²) in [6.07, 6.45) is -1.86. The highest BCUT2D eigenvalue weighted by Gasteiger charge is 2.19. The molecule has 0 atom stereocenters. The monoisotopic (exact) mass is 310 g/mol. The Labute approximate surface area is 92.5 Å². The van der Waals surface area contributed by atoms with Crippen LogP contribution >= 0.6 is 22.6 Å². The van der Waals surface area contributed by atoms with Crippen LogP contribution in [0.1, 0.15) is 17.7 Å². The minimum absolute atomic E-state index is 0.0434. The van der Waals surface area contributed by atoms with Gasteiger partial charge in [0, 0.05) is 3.57 Å². The Kier molecular flexibility index (Phi) is 3.57. The van der Waals surface area contributed by atoms with E-state index in [4.69, 9.17) is 10.4 Å². The number of halogens is 3. The van der Waals surface area contributed by atoms with Crippen molar-refractivity contribution < 1.29 is 13.9 Å². The fourth-order valence-corrected chi connectivity index (χ4v) is 1.78. The number of hydrogen-bond acceptors (Lipinski definition) is 3. The van der Waals surface area contributed by atoms with Crippen molar-refractivity contribution in [1.82, 2.24) is 4.98 Å². The molecule has 0 amide bonds. The van der Waals surface area contributed by atoms with E-state index >= 15 is 0 Å². The normalized spacial score (nSPS) is 10.2. The summed E-state index contributed by atoms with van der Waals surface area (Å²) < 4.78 is 25.0. The summed E-state index contributed by atoms with van der Waals surface area (Å²) in [5.74, 6) is -0.536. The van der Waals surface area contributed by atoms with Crippen LogP contribution in [0.15, 0.2) is 6.20 Å². The van der Waals surface area contributed by atoms with Crippen LogP contribution in [0.5, 0.6) is 5.75 Å². The second kappa shape index (κ2) is 4.50. The first kappa shape index (κ1) is 11.1. The topological polar surface area (TPSA) is 56.9 Å². The molecule has 0 bridgehead atoms. The molecule has 0 unspecified atom stereocenters. The summed E-state index contributed by atoms with van der Waals surface area (Å²) in [6, 6.07) is 1.82. The van der Waals surface area contributed by atoms with Crippen molar-refractivity contribution in [2.75, 3.05) is 0 Å². The van der Waals surface area contributed by atoms with E-state index in [1.165, 1.54) is 0 Å². The molecule has 1 rings (SSSR count). The molecule has 74 valence electrons. The van der Waals surface area contributed by atoms with Gasteiger partial charge >= 0.3 is 0 Å². The number of pyridine rings is 1. The Hall–Kier alpha value is -0.970. The van der Waals surface area contributed by atoms with Crippen molar-refractivity contribution in [1.29, 1.82) is 5.26 Å². The molecule has 0 spiro atoms. The van der Waals surface area contributed by atoms with Gasteiger partial charge in [0.05, 0.1) is 29.9 Å². The highest BCUT2D eigenvalue weighted by atomic mass is 127. The molecule has 1 heterocycles. The molecule has 0 aromatic carbocycles. The minimum Gasteiger partial charge on any atom is -0.506 e. The van der Waals surface area contributed by atoms with Gasteiger partial charge in [0.15, 0.2) is 0 Å². The first-order chi connectivity index (χ1) is 6.57. The molecule has 1 aromatic heterocycles. The van der Waals surface area contributed by atoms with Crippen LogP contribution in [-0.2, 0) is 6.42 Å². The van der Waals surface area contributed by atoms with Crippen LogP contribution in [0.25, 0.3) is 0 Å². The van der Waals surface area contributed by atoms with Gasteiger partial charge in [-0.15, -0.1) is 0 Å². The molecule has 14 heavy (non-hydrogen) atoms. The number of rotatable bonds is 2. The molecule has 0 aliphatic rings. The third kappa shape index (κ3) is 2.09. The van der Waals surface area contributed by atoms with Crippen LogP contribution in [0, 0.1) is 14.9 Å². The number of nitriles is 1. The molecular formula is C8H5F2IN2O. The number of nitrogens with zero attached hydrogens (tertiary/aromatic N) is 2. The lowest BCUT2D eigenvalue weighted by Crippen LogP contribution is -1.99. The van der Waals surface area contributed by atoms with Crippen molar-refractivity contribution in [3.63, 3.8) is 0 Å². The standard InChI is InChI=1S/C8H5F2IN2O/c9-8(10)6-5(14)3-13-4(1-2-12)7(6)11/h3,8,14H,1H2. The summed E-state index contributed by atoms with van der Waals surface area (Å²) in [5.41, 5.74) is -0.188. The third-order valence-electron chi connectivity index (χ3n) is 1.57. The van der Waals surface area contributed by atoms with Gasteiger partial charge in [-0.3, -0.25) is 4.98 Å². The maximum absolute atomic E-state index is 12.4. The fraction of sp³-hybridized carbons (Fsp3) is 0.250. The van der Waals surface area contributed by atoms with Crippen molar-refractivity contribution >= 4 is 22.6 Å². The molecule has 1 aromatic rings. The van der Waals surface area contributed by atoms with Crippen LogP contribution < -0.4 is 0 Å². The Morgan fingerprint density at radius 1 is 1.64 bits per heavy atom. The summed E-state index contributed by atoms with van der Waals surface area (Å²) in [4.78, 5) is 3.70. The second-order valence-corrected chi connectivity index (χ2v) is 3.53. The molecule has 0 saturated heterocycles. The van der Waals surface area contributed by atoms with Gasteiger partial charge in [0.1, 0.15) is 5.75 Å². The molecule has 1 N–H and O–H groups in total. The maximum atomic E-state index is 12.4. The van der Waals surface area contributed by atoms with Crippen LogP contribution in [-0.4, -0.2) is 10.1 Å². The van der Waals surface area contributed by atoms with E-state index in [1.807, 2.05) is 6.07 Å². The van der Waals surface area contributed by atoms with Gasteiger partial charge in [0.25, 0.3) is 6.43 Å². The first-order valence-electron chi connectivity index (χ1n) is 3.59. The van der Waals surface area contributed by atoms with Crippen molar-refractivity contribution in [3.8, 4) is 11.8 Å². The van der Waals surface area contributed by atoms with Crippen molar-refractivity contribution in [3.05, 3.63) is 21.0 Å². The van der Waals surface area contributed by atoms with Gasteiger partial charge in [-0.2, -0.15) is 5.26 Å². The van der Waals surface area contributed by atoms with Gasteiger partial charge < -0.3 is 5.11 Å². The van der Waals surface area contributed by atoms with E-state index in [0.29, 0.717) is 0 Å². The molecule has 3 nitrogen and oxygen atoms in total. The molecule has 6 heteroatoms. The zero-order valence-electron chi connectivity index (χ0n) is 6.84. The predicted molar refractivity (Wildman–Crippen MR) is 52.9 cm³/mol. The second-order valence-electron chi connectivity index (χ2n) is 2.45. The van der Waals surface area contributed by atoms with Gasteiger partial charge in [-0.25, -0.2) is 8.78 Å². The lowest BCUT2D eigenvalue weighted by atomic mass is 10.2. The summed E-state index contributed by atoms with van der Waals surface area (Å²) in [5, 5.41) is 17.5. The zero-order valence-corrected chi connectivity index (χ0v) is 8.99. The highest BCUT2D eigenvalue weighted by molar-refractivity contribution is 14.1.